The van der Waals surface area contributed by atoms with Gasteiger partial charge >= 0.3 is 6.03 Å². The summed E-state index contributed by atoms with van der Waals surface area (Å²) >= 11 is 5.88. The van der Waals surface area contributed by atoms with Gasteiger partial charge in [0.15, 0.2) is 0 Å². The van der Waals surface area contributed by atoms with Crippen molar-refractivity contribution in [2.24, 2.45) is 0 Å². The maximum absolute atomic E-state index is 12.6. The molecule has 2 aliphatic rings. The van der Waals surface area contributed by atoms with Gasteiger partial charge in [-0.3, -0.25) is 4.79 Å². The van der Waals surface area contributed by atoms with E-state index < -0.39 is 0 Å². The number of carbonyl (C=O) groups excluding carboxylic acids is 2. The van der Waals surface area contributed by atoms with E-state index in [-0.39, 0.29) is 11.9 Å². The normalized spacial score (nSPS) is 18.8. The Labute approximate surface area is 153 Å². The second-order valence-corrected chi connectivity index (χ2v) is 6.84. The third kappa shape index (κ3) is 4.86. The van der Waals surface area contributed by atoms with Crippen molar-refractivity contribution < 1.29 is 14.3 Å². The Balaban J connectivity index is 1.52. The summed E-state index contributed by atoms with van der Waals surface area (Å²) in [6.45, 7) is 5.06. The first-order valence-electron chi connectivity index (χ1n) is 8.77. The molecule has 0 radical (unpaired) electrons. The molecule has 0 bridgehead atoms. The first-order chi connectivity index (χ1) is 12.1. The SMILES string of the molecule is O=C(Cc1ccc(Cl)cc1)N1CCCN(C(=O)N2CCOCC2)CC1. The van der Waals surface area contributed by atoms with Gasteiger partial charge in [-0.25, -0.2) is 4.79 Å². The van der Waals surface area contributed by atoms with Crippen LogP contribution in [-0.2, 0) is 16.0 Å². The third-order valence-electron chi connectivity index (χ3n) is 4.67. The van der Waals surface area contributed by atoms with Crippen LogP contribution >= 0.6 is 11.6 Å². The number of ether oxygens (including phenoxy) is 1. The molecule has 2 aliphatic heterocycles. The van der Waals surface area contributed by atoms with Crippen molar-refractivity contribution in [3.05, 3.63) is 34.9 Å². The van der Waals surface area contributed by atoms with Gasteiger partial charge in [-0.1, -0.05) is 23.7 Å². The number of amides is 3. The number of hydrogen-bond acceptors (Lipinski definition) is 3. The second kappa shape index (κ2) is 8.54. The summed E-state index contributed by atoms with van der Waals surface area (Å²) in [7, 11) is 0. The standard InChI is InChI=1S/C18H24ClN3O3/c19-16-4-2-15(3-5-16)14-17(23)20-6-1-7-21(9-8-20)18(24)22-10-12-25-13-11-22/h2-5H,1,6-14H2. The molecule has 2 heterocycles. The summed E-state index contributed by atoms with van der Waals surface area (Å²) < 4.78 is 5.30. The van der Waals surface area contributed by atoms with E-state index in [9.17, 15) is 9.59 Å². The maximum Gasteiger partial charge on any atom is 0.320 e. The van der Waals surface area contributed by atoms with Crippen molar-refractivity contribution in [3.8, 4) is 0 Å². The van der Waals surface area contributed by atoms with Crippen LogP contribution in [0.1, 0.15) is 12.0 Å². The van der Waals surface area contributed by atoms with Crippen LogP contribution in [0.4, 0.5) is 4.79 Å². The number of rotatable bonds is 2. The molecule has 0 unspecified atom stereocenters. The van der Waals surface area contributed by atoms with Crippen molar-refractivity contribution in [1.29, 1.82) is 0 Å². The lowest BCUT2D eigenvalue weighted by Gasteiger charge is -2.32. The number of benzene rings is 1. The Morgan fingerprint density at radius 1 is 0.880 bits per heavy atom. The van der Waals surface area contributed by atoms with E-state index in [0.717, 1.165) is 12.0 Å². The highest BCUT2D eigenvalue weighted by atomic mass is 35.5. The highest BCUT2D eigenvalue weighted by Gasteiger charge is 2.26. The molecule has 7 heteroatoms. The average Bonchev–Trinajstić information content (AvgIpc) is 2.90. The number of urea groups is 1. The molecule has 0 aliphatic carbocycles. The molecule has 0 aromatic heterocycles. The maximum atomic E-state index is 12.6. The minimum absolute atomic E-state index is 0.0651. The molecular weight excluding hydrogens is 342 g/mol. The van der Waals surface area contributed by atoms with E-state index in [1.165, 1.54) is 0 Å². The second-order valence-electron chi connectivity index (χ2n) is 6.41. The zero-order valence-corrected chi connectivity index (χ0v) is 15.1. The van der Waals surface area contributed by atoms with Gasteiger partial charge in [-0.05, 0) is 24.1 Å². The Hall–Kier alpha value is -1.79. The molecule has 0 saturated carbocycles. The third-order valence-corrected chi connectivity index (χ3v) is 4.92. The van der Waals surface area contributed by atoms with Crippen molar-refractivity contribution in [2.45, 2.75) is 12.8 Å². The molecule has 3 amide bonds. The zero-order chi connectivity index (χ0) is 17.6. The summed E-state index contributed by atoms with van der Waals surface area (Å²) in [6.07, 6.45) is 1.18. The van der Waals surface area contributed by atoms with Gasteiger partial charge in [0.2, 0.25) is 5.91 Å². The highest BCUT2D eigenvalue weighted by molar-refractivity contribution is 6.30. The molecular formula is C18H24ClN3O3. The van der Waals surface area contributed by atoms with E-state index >= 15 is 0 Å². The van der Waals surface area contributed by atoms with Crippen LogP contribution < -0.4 is 0 Å². The van der Waals surface area contributed by atoms with Crippen molar-refractivity contribution >= 4 is 23.5 Å². The fourth-order valence-electron chi connectivity index (χ4n) is 3.20. The summed E-state index contributed by atoms with van der Waals surface area (Å²) in [5, 5.41) is 0.670. The minimum atomic E-state index is 0.0651. The summed E-state index contributed by atoms with van der Waals surface area (Å²) in [6, 6.07) is 7.43. The summed E-state index contributed by atoms with van der Waals surface area (Å²) in [4.78, 5) is 30.7. The van der Waals surface area contributed by atoms with Gasteiger partial charge in [0.1, 0.15) is 0 Å². The van der Waals surface area contributed by atoms with E-state index in [2.05, 4.69) is 0 Å². The molecule has 0 atom stereocenters. The average molecular weight is 366 g/mol. The van der Waals surface area contributed by atoms with E-state index in [4.69, 9.17) is 16.3 Å². The van der Waals surface area contributed by atoms with Gasteiger partial charge in [0, 0.05) is 44.3 Å². The number of morpholine rings is 1. The van der Waals surface area contributed by atoms with Crippen molar-refractivity contribution in [2.75, 3.05) is 52.5 Å². The lowest BCUT2D eigenvalue weighted by Crippen LogP contribution is -2.49. The molecule has 2 fully saturated rings. The topological polar surface area (TPSA) is 53.1 Å². The van der Waals surface area contributed by atoms with Gasteiger partial charge in [0.05, 0.1) is 19.6 Å². The predicted molar refractivity (Wildman–Crippen MR) is 95.7 cm³/mol. The lowest BCUT2D eigenvalue weighted by atomic mass is 10.1. The number of nitrogens with zero attached hydrogens (tertiary/aromatic N) is 3. The van der Waals surface area contributed by atoms with Crippen LogP contribution in [0.25, 0.3) is 0 Å². The van der Waals surface area contributed by atoms with E-state index in [1.807, 2.05) is 26.8 Å². The molecule has 0 N–H and O–H groups in total. The molecule has 136 valence electrons. The molecule has 2 saturated heterocycles. The molecule has 1 aromatic rings. The largest absolute Gasteiger partial charge is 0.378 e. The Morgan fingerprint density at radius 2 is 1.48 bits per heavy atom. The van der Waals surface area contributed by atoms with Crippen LogP contribution in [0.15, 0.2) is 24.3 Å². The predicted octanol–water partition coefficient (Wildman–Crippen LogP) is 1.87. The van der Waals surface area contributed by atoms with Gasteiger partial charge < -0.3 is 19.4 Å². The Morgan fingerprint density at radius 3 is 2.20 bits per heavy atom. The first-order valence-corrected chi connectivity index (χ1v) is 9.15. The Kier molecular flexibility index (Phi) is 6.15. The van der Waals surface area contributed by atoms with E-state index in [1.54, 1.807) is 12.1 Å². The van der Waals surface area contributed by atoms with Crippen LogP contribution in [0.3, 0.4) is 0 Å². The number of hydrogen-bond donors (Lipinski definition) is 0. The smallest absolute Gasteiger partial charge is 0.320 e. The fraction of sp³-hybridized carbons (Fsp3) is 0.556. The van der Waals surface area contributed by atoms with Gasteiger partial charge in [-0.15, -0.1) is 0 Å². The monoisotopic (exact) mass is 365 g/mol. The fourth-order valence-corrected chi connectivity index (χ4v) is 3.33. The summed E-state index contributed by atoms with van der Waals surface area (Å²) in [5.74, 6) is 0.1000. The van der Waals surface area contributed by atoms with Crippen LogP contribution in [0, 0.1) is 0 Å². The van der Waals surface area contributed by atoms with Crippen LogP contribution in [0.2, 0.25) is 5.02 Å². The summed E-state index contributed by atoms with van der Waals surface area (Å²) in [5.41, 5.74) is 0.958. The van der Waals surface area contributed by atoms with Gasteiger partial charge in [0.25, 0.3) is 0 Å². The Bertz CT molecular complexity index is 602. The molecule has 25 heavy (non-hydrogen) atoms. The number of halogens is 1. The molecule has 1 aromatic carbocycles. The quantitative estimate of drug-likeness (QED) is 0.804. The highest BCUT2D eigenvalue weighted by Crippen LogP contribution is 2.13. The van der Waals surface area contributed by atoms with Crippen LogP contribution in [-0.4, -0.2) is 79.1 Å². The molecule has 0 spiro atoms. The van der Waals surface area contributed by atoms with Gasteiger partial charge in [-0.2, -0.15) is 0 Å². The van der Waals surface area contributed by atoms with Crippen LogP contribution in [0.5, 0.6) is 0 Å². The van der Waals surface area contributed by atoms with E-state index in [0.29, 0.717) is 63.9 Å². The molecule has 3 rings (SSSR count). The van der Waals surface area contributed by atoms with Crippen molar-refractivity contribution in [3.63, 3.8) is 0 Å². The first kappa shape index (κ1) is 18.0. The lowest BCUT2D eigenvalue weighted by molar-refractivity contribution is -0.130. The zero-order valence-electron chi connectivity index (χ0n) is 14.3. The van der Waals surface area contributed by atoms with Crippen molar-refractivity contribution in [1.82, 2.24) is 14.7 Å². The number of carbonyl (C=O) groups is 2. The minimum Gasteiger partial charge on any atom is -0.378 e. The molecule has 6 nitrogen and oxygen atoms in total.